The van der Waals surface area contributed by atoms with Crippen LogP contribution < -0.4 is 26.0 Å². The number of piperidine rings is 1. The van der Waals surface area contributed by atoms with Crippen LogP contribution in [0.3, 0.4) is 0 Å². The predicted octanol–water partition coefficient (Wildman–Crippen LogP) is 2.96. The number of unbranched alkanes of at least 4 members (excludes halogenated alkanes) is 3. The average Bonchev–Trinajstić information content (AvgIpc) is 3.48. The smallest absolute Gasteiger partial charge is 0.278 e. The van der Waals surface area contributed by atoms with Gasteiger partial charge in [0, 0.05) is 62.5 Å². The number of carbonyl (C=O) groups excluding carboxylic acids is 6. The van der Waals surface area contributed by atoms with Crippen LogP contribution in [0, 0.1) is 0 Å². The SMILES string of the molecule is Nc1ncc(-c2ccc(S(=O)(=O)NCCCCCCC(=O)N3CCN(c4ccc5c(c4)C(=O)N(C4CCC(=O)NC4=O)C5=O)CC3)cc2)nc1C(=O)Nc1ccccc1. The molecular formula is C41H43N9O8S. The Morgan fingerprint density at radius 1 is 0.847 bits per heavy atom. The van der Waals surface area contributed by atoms with Crippen LogP contribution >= 0.6 is 0 Å². The lowest BCUT2D eigenvalue weighted by molar-refractivity contribution is -0.136. The van der Waals surface area contributed by atoms with E-state index >= 15 is 0 Å². The van der Waals surface area contributed by atoms with Gasteiger partial charge in [-0.3, -0.25) is 39.0 Å². The summed E-state index contributed by atoms with van der Waals surface area (Å²) in [6.07, 6.45) is 4.69. The third kappa shape index (κ3) is 9.13. The molecule has 0 saturated carbocycles. The van der Waals surface area contributed by atoms with Gasteiger partial charge in [0.1, 0.15) is 6.04 Å². The summed E-state index contributed by atoms with van der Waals surface area (Å²) < 4.78 is 28.6. The first-order chi connectivity index (χ1) is 28.4. The van der Waals surface area contributed by atoms with Gasteiger partial charge in [-0.1, -0.05) is 43.2 Å². The van der Waals surface area contributed by atoms with Crippen LogP contribution in [-0.2, 0) is 24.4 Å². The van der Waals surface area contributed by atoms with E-state index in [-0.39, 0.29) is 52.8 Å². The van der Waals surface area contributed by atoms with Crippen molar-refractivity contribution in [3.05, 3.63) is 95.8 Å². The number of nitrogens with zero attached hydrogens (tertiary/aromatic N) is 5. The number of hydrogen-bond donors (Lipinski definition) is 4. The second-order valence-corrected chi connectivity index (χ2v) is 16.2. The topological polar surface area (TPSA) is 234 Å². The summed E-state index contributed by atoms with van der Waals surface area (Å²) in [5.41, 5.74) is 8.53. The highest BCUT2D eigenvalue weighted by molar-refractivity contribution is 7.89. The van der Waals surface area contributed by atoms with Crippen molar-refractivity contribution < 1.29 is 37.2 Å². The molecule has 306 valence electrons. The lowest BCUT2D eigenvalue weighted by atomic mass is 10.0. The summed E-state index contributed by atoms with van der Waals surface area (Å²) in [5, 5.41) is 4.93. The molecule has 0 spiro atoms. The fourth-order valence-corrected chi connectivity index (χ4v) is 8.37. The Kier molecular flexibility index (Phi) is 12.1. The number of carbonyl (C=O) groups is 6. The largest absolute Gasteiger partial charge is 0.382 e. The predicted molar refractivity (Wildman–Crippen MR) is 216 cm³/mol. The number of hydrogen-bond acceptors (Lipinski definition) is 12. The minimum absolute atomic E-state index is 0.0361. The third-order valence-electron chi connectivity index (χ3n) is 10.5. The maximum absolute atomic E-state index is 13.2. The van der Waals surface area contributed by atoms with Gasteiger partial charge in [0.2, 0.25) is 27.7 Å². The Morgan fingerprint density at radius 3 is 2.29 bits per heavy atom. The summed E-state index contributed by atoms with van der Waals surface area (Å²) in [6, 6.07) is 18.9. The molecule has 5 N–H and O–H groups in total. The zero-order valence-corrected chi connectivity index (χ0v) is 32.9. The van der Waals surface area contributed by atoms with Crippen LogP contribution in [-0.4, -0.2) is 102 Å². The lowest BCUT2D eigenvalue weighted by Gasteiger charge is -2.36. The molecule has 3 aliphatic rings. The maximum atomic E-state index is 13.2. The van der Waals surface area contributed by atoms with Crippen molar-refractivity contribution in [2.75, 3.05) is 48.7 Å². The molecule has 0 bridgehead atoms. The molecule has 0 aliphatic carbocycles. The van der Waals surface area contributed by atoms with Crippen LogP contribution in [0.15, 0.2) is 83.9 Å². The molecule has 3 aliphatic heterocycles. The first-order valence-corrected chi connectivity index (χ1v) is 20.9. The molecule has 3 aromatic carbocycles. The molecule has 17 nitrogen and oxygen atoms in total. The first-order valence-electron chi connectivity index (χ1n) is 19.4. The van der Waals surface area contributed by atoms with E-state index in [1.54, 1.807) is 54.6 Å². The van der Waals surface area contributed by atoms with E-state index in [1.165, 1.54) is 18.3 Å². The van der Waals surface area contributed by atoms with Gasteiger partial charge in [0.05, 0.1) is 27.9 Å². The van der Waals surface area contributed by atoms with Crippen molar-refractivity contribution >= 4 is 62.7 Å². The fraction of sp³-hybridized carbons (Fsp3) is 0.317. The molecule has 7 rings (SSSR count). The van der Waals surface area contributed by atoms with Crippen molar-refractivity contribution in [1.29, 1.82) is 0 Å². The molecule has 1 unspecified atom stereocenters. The molecule has 18 heteroatoms. The van der Waals surface area contributed by atoms with E-state index < -0.39 is 45.6 Å². The van der Waals surface area contributed by atoms with E-state index in [4.69, 9.17) is 5.73 Å². The van der Waals surface area contributed by atoms with Gasteiger partial charge in [0.25, 0.3) is 17.7 Å². The number of imide groups is 2. The molecule has 0 radical (unpaired) electrons. The van der Waals surface area contributed by atoms with E-state index in [9.17, 15) is 37.2 Å². The Morgan fingerprint density at radius 2 is 1.56 bits per heavy atom. The van der Waals surface area contributed by atoms with Gasteiger partial charge < -0.3 is 20.9 Å². The number of aromatic nitrogens is 2. The van der Waals surface area contributed by atoms with Gasteiger partial charge in [-0.2, -0.15) is 0 Å². The number of nitrogen functional groups attached to an aromatic ring is 1. The van der Waals surface area contributed by atoms with Gasteiger partial charge in [-0.25, -0.2) is 23.1 Å². The van der Waals surface area contributed by atoms with Gasteiger partial charge in [-0.05, 0) is 61.7 Å². The molecule has 1 atom stereocenters. The quantitative estimate of drug-likeness (QED) is 0.106. The number of para-hydroxylation sites is 1. The minimum Gasteiger partial charge on any atom is -0.382 e. The number of amides is 6. The van der Waals surface area contributed by atoms with E-state index in [0.717, 1.165) is 23.4 Å². The highest BCUT2D eigenvalue weighted by Gasteiger charge is 2.45. The van der Waals surface area contributed by atoms with Crippen molar-refractivity contribution in [1.82, 2.24) is 29.8 Å². The Labute approximate surface area is 340 Å². The Bertz CT molecular complexity index is 2400. The molecule has 6 amide bonds. The number of benzene rings is 3. The number of piperazine rings is 1. The fourth-order valence-electron chi connectivity index (χ4n) is 7.29. The Balaban J connectivity index is 0.810. The highest BCUT2D eigenvalue weighted by atomic mass is 32.2. The average molecular weight is 822 g/mol. The van der Waals surface area contributed by atoms with E-state index in [0.29, 0.717) is 62.4 Å². The van der Waals surface area contributed by atoms with E-state index in [1.807, 2.05) is 15.9 Å². The van der Waals surface area contributed by atoms with E-state index in [2.05, 4.69) is 25.3 Å². The van der Waals surface area contributed by atoms with Gasteiger partial charge in [0.15, 0.2) is 11.5 Å². The molecule has 4 aromatic rings. The number of anilines is 3. The second kappa shape index (κ2) is 17.5. The third-order valence-corrected chi connectivity index (χ3v) is 12.0. The van der Waals surface area contributed by atoms with Crippen molar-refractivity contribution in [3.63, 3.8) is 0 Å². The van der Waals surface area contributed by atoms with Gasteiger partial charge >= 0.3 is 0 Å². The summed E-state index contributed by atoms with van der Waals surface area (Å²) >= 11 is 0. The van der Waals surface area contributed by atoms with Crippen molar-refractivity contribution in [2.24, 2.45) is 0 Å². The number of nitrogens with two attached hydrogens (primary N) is 1. The van der Waals surface area contributed by atoms with Crippen molar-refractivity contribution in [3.8, 4) is 11.3 Å². The maximum Gasteiger partial charge on any atom is 0.278 e. The summed E-state index contributed by atoms with van der Waals surface area (Å²) in [4.78, 5) is 89.3. The zero-order valence-electron chi connectivity index (χ0n) is 32.1. The zero-order chi connectivity index (χ0) is 41.7. The van der Waals surface area contributed by atoms with Crippen LogP contribution in [0.5, 0.6) is 0 Å². The monoisotopic (exact) mass is 821 g/mol. The molecule has 2 fully saturated rings. The molecule has 59 heavy (non-hydrogen) atoms. The normalized spacial score (nSPS) is 16.9. The molecule has 4 heterocycles. The van der Waals surface area contributed by atoms with Crippen LogP contribution in [0.4, 0.5) is 17.2 Å². The molecule has 2 saturated heterocycles. The number of rotatable bonds is 14. The number of nitrogens with one attached hydrogen (secondary N) is 3. The second-order valence-electron chi connectivity index (χ2n) is 14.4. The van der Waals surface area contributed by atoms with Gasteiger partial charge in [-0.15, -0.1) is 0 Å². The molecule has 1 aromatic heterocycles. The standard InChI is InChI=1S/C41H43N9O8S/c42-37-36(39(54)45-27-8-4-3-5-9-27)46-32(25-43-37)26-11-14-29(15-12-26)59(57,58)44-19-7-2-1-6-10-35(52)49-22-20-48(21-23-49)28-13-16-30-31(24-28)41(56)50(40(30)55)33-17-18-34(51)47-38(33)53/h3-5,8-9,11-16,24-25,33,44H,1-2,6-7,10,17-23H2,(H2,42,43)(H,45,54)(H,47,51,53). The molecular weight excluding hydrogens is 779 g/mol. The number of sulfonamides is 1. The van der Waals surface area contributed by atoms with Crippen LogP contribution in [0.2, 0.25) is 0 Å². The van der Waals surface area contributed by atoms with Crippen LogP contribution in [0.1, 0.15) is 76.2 Å². The minimum atomic E-state index is -3.78. The van der Waals surface area contributed by atoms with Crippen molar-refractivity contribution in [2.45, 2.75) is 55.9 Å². The Hall–Kier alpha value is -6.53. The number of fused-ring (bicyclic) bond motifs is 1. The summed E-state index contributed by atoms with van der Waals surface area (Å²) in [6.45, 7) is 2.30. The summed E-state index contributed by atoms with van der Waals surface area (Å²) in [7, 11) is -3.78. The first kappa shape index (κ1) is 40.7. The van der Waals surface area contributed by atoms with Crippen LogP contribution in [0.25, 0.3) is 11.3 Å². The highest BCUT2D eigenvalue weighted by Crippen LogP contribution is 2.31. The lowest BCUT2D eigenvalue weighted by Crippen LogP contribution is -2.54. The summed E-state index contributed by atoms with van der Waals surface area (Å²) in [5.74, 6) is -2.72.